The third-order valence-corrected chi connectivity index (χ3v) is 2.72. The van der Waals surface area contributed by atoms with Crippen molar-refractivity contribution in [3.8, 4) is 11.5 Å². The van der Waals surface area contributed by atoms with Gasteiger partial charge in [-0.3, -0.25) is 4.98 Å². The molecule has 0 atom stereocenters. The van der Waals surface area contributed by atoms with Crippen molar-refractivity contribution >= 4 is 0 Å². The standard InChI is InChI=1S/C13H13N5O2/c19-13-16-11(17-18-13)7-14-6-10-8-20-12(15-10)9-4-2-1-3-5-9/h1-5,8,14H,6-7H2,(H2,16,17,18,19). The summed E-state index contributed by atoms with van der Waals surface area (Å²) in [6, 6.07) is 9.70. The number of benzene rings is 1. The fourth-order valence-electron chi connectivity index (χ4n) is 1.80. The summed E-state index contributed by atoms with van der Waals surface area (Å²) in [6.07, 6.45) is 1.61. The van der Waals surface area contributed by atoms with Gasteiger partial charge in [0, 0.05) is 12.1 Å². The highest BCUT2D eigenvalue weighted by atomic mass is 16.3. The van der Waals surface area contributed by atoms with Gasteiger partial charge in [-0.15, -0.1) is 0 Å². The molecule has 3 rings (SSSR count). The smallest absolute Gasteiger partial charge is 0.340 e. The second kappa shape index (κ2) is 5.54. The van der Waals surface area contributed by atoms with Gasteiger partial charge in [-0.05, 0) is 12.1 Å². The Morgan fingerprint density at radius 3 is 2.80 bits per heavy atom. The lowest BCUT2D eigenvalue weighted by Gasteiger charge is -1.97. The second-order valence-corrected chi connectivity index (χ2v) is 4.24. The van der Waals surface area contributed by atoms with E-state index in [2.05, 4.69) is 25.5 Å². The zero-order valence-electron chi connectivity index (χ0n) is 10.6. The van der Waals surface area contributed by atoms with Crippen molar-refractivity contribution in [2.24, 2.45) is 0 Å². The number of aromatic amines is 2. The van der Waals surface area contributed by atoms with Crippen molar-refractivity contribution in [2.45, 2.75) is 13.1 Å². The molecule has 0 aliphatic heterocycles. The lowest BCUT2D eigenvalue weighted by atomic mass is 10.2. The molecular formula is C13H13N5O2. The van der Waals surface area contributed by atoms with Crippen LogP contribution < -0.4 is 11.0 Å². The van der Waals surface area contributed by atoms with E-state index in [1.807, 2.05) is 30.3 Å². The minimum Gasteiger partial charge on any atom is -0.444 e. The topological polar surface area (TPSA) is 99.6 Å². The first-order chi connectivity index (χ1) is 9.81. The normalized spacial score (nSPS) is 10.8. The largest absolute Gasteiger partial charge is 0.444 e. The Kier molecular flexibility index (Phi) is 3.42. The quantitative estimate of drug-likeness (QED) is 0.644. The van der Waals surface area contributed by atoms with Crippen LogP contribution in [0.3, 0.4) is 0 Å². The fourth-order valence-corrected chi connectivity index (χ4v) is 1.80. The third-order valence-electron chi connectivity index (χ3n) is 2.72. The molecule has 0 radical (unpaired) electrons. The molecule has 2 aromatic heterocycles. The van der Waals surface area contributed by atoms with Gasteiger partial charge in [0.15, 0.2) is 0 Å². The Hall–Kier alpha value is -2.67. The minimum absolute atomic E-state index is 0.311. The second-order valence-electron chi connectivity index (χ2n) is 4.24. The van der Waals surface area contributed by atoms with E-state index in [4.69, 9.17) is 4.42 Å². The van der Waals surface area contributed by atoms with Gasteiger partial charge in [0.1, 0.15) is 12.1 Å². The summed E-state index contributed by atoms with van der Waals surface area (Å²) in [5.74, 6) is 1.15. The molecule has 20 heavy (non-hydrogen) atoms. The van der Waals surface area contributed by atoms with Gasteiger partial charge < -0.3 is 9.73 Å². The molecule has 0 bridgehead atoms. The minimum atomic E-state index is -0.311. The van der Waals surface area contributed by atoms with Gasteiger partial charge >= 0.3 is 5.69 Å². The van der Waals surface area contributed by atoms with Crippen LogP contribution in [0.2, 0.25) is 0 Å². The first-order valence-electron chi connectivity index (χ1n) is 6.15. The van der Waals surface area contributed by atoms with E-state index in [1.165, 1.54) is 0 Å². The Morgan fingerprint density at radius 2 is 2.05 bits per heavy atom. The Balaban J connectivity index is 1.59. The summed E-state index contributed by atoms with van der Waals surface area (Å²) in [7, 11) is 0. The molecular weight excluding hydrogens is 258 g/mol. The average molecular weight is 271 g/mol. The molecule has 0 aliphatic rings. The van der Waals surface area contributed by atoms with E-state index in [0.29, 0.717) is 24.8 Å². The predicted molar refractivity (Wildman–Crippen MR) is 71.7 cm³/mol. The fraction of sp³-hybridized carbons (Fsp3) is 0.154. The molecule has 0 aliphatic carbocycles. The van der Waals surface area contributed by atoms with Crippen molar-refractivity contribution in [1.29, 1.82) is 0 Å². The molecule has 7 nitrogen and oxygen atoms in total. The van der Waals surface area contributed by atoms with Crippen LogP contribution >= 0.6 is 0 Å². The Labute approximate surface area is 114 Å². The summed E-state index contributed by atoms with van der Waals surface area (Å²) in [5.41, 5.74) is 1.42. The molecule has 0 saturated heterocycles. The van der Waals surface area contributed by atoms with E-state index in [1.54, 1.807) is 6.26 Å². The maximum Gasteiger partial charge on any atom is 0.340 e. The van der Waals surface area contributed by atoms with Crippen LogP contribution in [0.5, 0.6) is 0 Å². The van der Waals surface area contributed by atoms with Crippen LogP contribution in [0.15, 0.2) is 45.8 Å². The first kappa shape index (κ1) is 12.4. The van der Waals surface area contributed by atoms with E-state index >= 15 is 0 Å². The maximum atomic E-state index is 10.9. The van der Waals surface area contributed by atoms with Gasteiger partial charge in [-0.2, -0.15) is 5.10 Å². The molecule has 3 N–H and O–H groups in total. The van der Waals surface area contributed by atoms with Crippen LogP contribution in [0.25, 0.3) is 11.5 Å². The van der Waals surface area contributed by atoms with Gasteiger partial charge in [-0.25, -0.2) is 14.9 Å². The SMILES string of the molecule is O=c1[nH]nc(CNCc2coc(-c3ccccc3)n2)[nH]1. The molecule has 0 saturated carbocycles. The number of aromatic nitrogens is 4. The van der Waals surface area contributed by atoms with Crippen molar-refractivity contribution in [2.75, 3.05) is 0 Å². The molecule has 1 aromatic carbocycles. The predicted octanol–water partition coefficient (Wildman–Crippen LogP) is 1.04. The summed E-state index contributed by atoms with van der Waals surface area (Å²) in [6.45, 7) is 0.984. The van der Waals surface area contributed by atoms with Crippen LogP contribution in [-0.2, 0) is 13.1 Å². The molecule has 0 unspecified atom stereocenters. The van der Waals surface area contributed by atoms with Gasteiger partial charge in [0.25, 0.3) is 0 Å². The highest BCUT2D eigenvalue weighted by molar-refractivity contribution is 5.52. The number of oxazole rings is 1. The van der Waals surface area contributed by atoms with Gasteiger partial charge in [-0.1, -0.05) is 18.2 Å². The molecule has 0 amide bonds. The molecule has 7 heteroatoms. The Morgan fingerprint density at radius 1 is 1.20 bits per heavy atom. The summed E-state index contributed by atoms with van der Waals surface area (Å²) >= 11 is 0. The number of hydrogen-bond donors (Lipinski definition) is 3. The lowest BCUT2D eigenvalue weighted by molar-refractivity contribution is 0.569. The van der Waals surface area contributed by atoms with Crippen molar-refractivity contribution in [1.82, 2.24) is 25.5 Å². The van der Waals surface area contributed by atoms with Crippen molar-refractivity contribution < 1.29 is 4.42 Å². The zero-order valence-corrected chi connectivity index (χ0v) is 10.6. The highest BCUT2D eigenvalue weighted by Crippen LogP contribution is 2.17. The molecule has 2 heterocycles. The van der Waals surface area contributed by atoms with Crippen LogP contribution in [0, 0.1) is 0 Å². The van der Waals surface area contributed by atoms with Crippen LogP contribution in [-0.4, -0.2) is 20.2 Å². The average Bonchev–Trinajstić information content (AvgIpc) is 3.09. The number of H-pyrrole nitrogens is 2. The van der Waals surface area contributed by atoms with Gasteiger partial charge in [0.05, 0.1) is 12.2 Å². The number of nitrogens with zero attached hydrogens (tertiary/aromatic N) is 2. The summed E-state index contributed by atoms with van der Waals surface area (Å²) in [4.78, 5) is 17.8. The zero-order chi connectivity index (χ0) is 13.8. The summed E-state index contributed by atoms with van der Waals surface area (Å²) < 4.78 is 5.43. The molecule has 0 spiro atoms. The first-order valence-corrected chi connectivity index (χ1v) is 6.15. The highest BCUT2D eigenvalue weighted by Gasteiger charge is 2.06. The third kappa shape index (κ3) is 2.83. The number of rotatable bonds is 5. The number of nitrogens with one attached hydrogen (secondary N) is 3. The monoisotopic (exact) mass is 271 g/mol. The van der Waals surface area contributed by atoms with Crippen molar-refractivity contribution in [3.63, 3.8) is 0 Å². The van der Waals surface area contributed by atoms with Crippen molar-refractivity contribution in [3.05, 3.63) is 58.6 Å². The van der Waals surface area contributed by atoms with E-state index in [-0.39, 0.29) is 5.69 Å². The molecule has 0 fully saturated rings. The lowest BCUT2D eigenvalue weighted by Crippen LogP contribution is -2.14. The maximum absolute atomic E-state index is 10.9. The van der Waals surface area contributed by atoms with E-state index in [0.717, 1.165) is 11.3 Å². The Bertz CT molecular complexity index is 728. The molecule has 102 valence electrons. The van der Waals surface area contributed by atoms with Crippen LogP contribution in [0.4, 0.5) is 0 Å². The van der Waals surface area contributed by atoms with E-state index in [9.17, 15) is 4.79 Å². The van der Waals surface area contributed by atoms with Gasteiger partial charge in [0.2, 0.25) is 5.89 Å². The van der Waals surface area contributed by atoms with Crippen LogP contribution in [0.1, 0.15) is 11.5 Å². The van der Waals surface area contributed by atoms with E-state index < -0.39 is 0 Å². The summed E-state index contributed by atoms with van der Waals surface area (Å²) in [5, 5.41) is 9.23. The number of hydrogen-bond acceptors (Lipinski definition) is 5. The molecule has 3 aromatic rings.